The van der Waals surface area contributed by atoms with Crippen LogP contribution in [0.2, 0.25) is 0 Å². The molecule has 1 heterocycles. The molecule has 0 saturated heterocycles. The number of carbonyl (C=O) groups excluding carboxylic acids is 2. The number of nitrogens with one attached hydrogen (secondary N) is 1. The zero-order valence-corrected chi connectivity index (χ0v) is 27.0. The standard InChI is InChI=1S/C36H49N3O4/c1-24-9-8-10-27(23-24)31-33(43)39(36(38-31)20-15-28(16-21-36)35(5,6)7)29(17-19-34(2,3)4)25-11-13-26(14-12-25)32(42)37-22-18-30(40)41/h8-14,23,28-29H,15-22H2,1-7H3,(H,37,42)(H,40,41). The lowest BCUT2D eigenvalue weighted by Gasteiger charge is -2.47. The minimum absolute atomic E-state index is 0.0193. The Kier molecular flexibility index (Phi) is 9.53. The Balaban J connectivity index is 1.72. The molecule has 1 saturated carbocycles. The van der Waals surface area contributed by atoms with Crippen molar-refractivity contribution in [2.75, 3.05) is 6.54 Å². The predicted molar refractivity (Wildman–Crippen MR) is 171 cm³/mol. The number of amides is 2. The van der Waals surface area contributed by atoms with Gasteiger partial charge in [0.2, 0.25) is 0 Å². The van der Waals surface area contributed by atoms with E-state index >= 15 is 0 Å². The molecular weight excluding hydrogens is 538 g/mol. The first-order chi connectivity index (χ1) is 20.1. The van der Waals surface area contributed by atoms with Crippen molar-refractivity contribution in [2.45, 2.75) is 105 Å². The fraction of sp³-hybridized carbons (Fsp3) is 0.556. The molecule has 1 aliphatic heterocycles. The van der Waals surface area contributed by atoms with E-state index in [-0.39, 0.29) is 41.7 Å². The van der Waals surface area contributed by atoms with Crippen LogP contribution in [0.25, 0.3) is 0 Å². The lowest BCUT2D eigenvalue weighted by molar-refractivity contribution is -0.137. The molecule has 2 aromatic rings. The van der Waals surface area contributed by atoms with Gasteiger partial charge in [0.25, 0.3) is 11.8 Å². The van der Waals surface area contributed by atoms with Crippen molar-refractivity contribution < 1.29 is 19.5 Å². The lowest BCUT2D eigenvalue weighted by Crippen LogP contribution is -2.51. The van der Waals surface area contributed by atoms with Crippen LogP contribution in [0.1, 0.15) is 120 Å². The fourth-order valence-electron chi connectivity index (χ4n) is 6.58. The molecule has 7 heteroatoms. The molecule has 7 nitrogen and oxygen atoms in total. The van der Waals surface area contributed by atoms with Crippen LogP contribution in [0.3, 0.4) is 0 Å². The summed E-state index contributed by atoms with van der Waals surface area (Å²) in [7, 11) is 0. The first-order valence-electron chi connectivity index (χ1n) is 15.7. The highest BCUT2D eigenvalue weighted by Crippen LogP contribution is 2.50. The molecule has 0 radical (unpaired) electrons. The Bertz CT molecular complexity index is 1360. The maximum atomic E-state index is 14.5. The molecule has 2 aliphatic rings. The zero-order chi connectivity index (χ0) is 31.6. The van der Waals surface area contributed by atoms with Crippen molar-refractivity contribution in [1.29, 1.82) is 0 Å². The number of hydrogen-bond donors (Lipinski definition) is 2. The van der Waals surface area contributed by atoms with E-state index in [1.807, 2.05) is 37.3 Å². The molecule has 43 heavy (non-hydrogen) atoms. The third kappa shape index (κ3) is 7.73. The first-order valence-corrected chi connectivity index (χ1v) is 15.7. The Hall–Kier alpha value is -3.48. The number of nitrogens with zero attached hydrogens (tertiary/aromatic N) is 2. The molecular formula is C36H49N3O4. The van der Waals surface area contributed by atoms with Crippen molar-refractivity contribution in [3.8, 4) is 0 Å². The summed E-state index contributed by atoms with van der Waals surface area (Å²) in [6.45, 7) is 15.7. The summed E-state index contributed by atoms with van der Waals surface area (Å²) in [5.74, 6) is -0.710. The van der Waals surface area contributed by atoms with Gasteiger partial charge >= 0.3 is 5.97 Å². The number of aliphatic carboxylic acids is 1. The van der Waals surface area contributed by atoms with Gasteiger partial charge < -0.3 is 15.3 Å². The summed E-state index contributed by atoms with van der Waals surface area (Å²) in [5.41, 5.74) is 3.63. The van der Waals surface area contributed by atoms with E-state index in [1.165, 1.54) is 0 Å². The molecule has 1 atom stereocenters. The second-order valence-electron chi connectivity index (χ2n) is 14.8. The van der Waals surface area contributed by atoms with Gasteiger partial charge in [0, 0.05) is 17.7 Å². The number of aryl methyl sites for hydroxylation is 1. The molecule has 1 unspecified atom stereocenters. The molecule has 2 amide bonds. The molecule has 1 fully saturated rings. The number of aliphatic imine (C=N–C) groups is 1. The molecule has 2 N–H and O–H groups in total. The van der Waals surface area contributed by atoms with Crippen molar-refractivity contribution in [3.63, 3.8) is 0 Å². The van der Waals surface area contributed by atoms with E-state index < -0.39 is 11.6 Å². The van der Waals surface area contributed by atoms with Gasteiger partial charge in [-0.1, -0.05) is 77.4 Å². The molecule has 232 valence electrons. The average molecular weight is 588 g/mol. The second kappa shape index (κ2) is 12.6. The van der Waals surface area contributed by atoms with Crippen molar-refractivity contribution in [2.24, 2.45) is 21.7 Å². The van der Waals surface area contributed by atoms with E-state index in [4.69, 9.17) is 10.1 Å². The summed E-state index contributed by atoms with van der Waals surface area (Å²) in [6.07, 6.45) is 5.24. The molecule has 2 aromatic carbocycles. The van der Waals surface area contributed by atoms with E-state index in [1.54, 1.807) is 12.1 Å². The normalized spacial score (nSPS) is 21.6. The smallest absolute Gasteiger partial charge is 0.305 e. The quantitative estimate of drug-likeness (QED) is 0.321. The summed E-state index contributed by atoms with van der Waals surface area (Å²) in [5, 5.41) is 11.6. The Morgan fingerprint density at radius 2 is 1.70 bits per heavy atom. The topological polar surface area (TPSA) is 99.1 Å². The molecule has 0 aromatic heterocycles. The van der Waals surface area contributed by atoms with Gasteiger partial charge in [-0.2, -0.15) is 0 Å². The fourth-order valence-corrected chi connectivity index (χ4v) is 6.58. The van der Waals surface area contributed by atoms with Crippen LogP contribution in [-0.2, 0) is 9.59 Å². The van der Waals surface area contributed by atoms with Crippen LogP contribution in [0, 0.1) is 23.7 Å². The number of carbonyl (C=O) groups is 3. The summed E-state index contributed by atoms with van der Waals surface area (Å²) >= 11 is 0. The first kappa shape index (κ1) is 32.4. The second-order valence-corrected chi connectivity index (χ2v) is 14.8. The number of rotatable bonds is 9. The van der Waals surface area contributed by atoms with Gasteiger partial charge in [-0.15, -0.1) is 0 Å². The number of hydrogen-bond acceptors (Lipinski definition) is 4. The van der Waals surface area contributed by atoms with Gasteiger partial charge in [-0.25, -0.2) is 0 Å². The number of benzene rings is 2. The Labute approximate surface area is 257 Å². The van der Waals surface area contributed by atoms with Crippen LogP contribution < -0.4 is 5.32 Å². The monoisotopic (exact) mass is 587 g/mol. The van der Waals surface area contributed by atoms with Gasteiger partial charge in [-0.05, 0) is 86.0 Å². The molecule has 1 aliphatic carbocycles. The minimum Gasteiger partial charge on any atom is -0.481 e. The SMILES string of the molecule is Cc1cccc(C2=NC3(CCC(C(C)(C)C)CC3)N(C(CCC(C)(C)C)c3ccc(C(=O)NCCC(=O)O)cc3)C2=O)c1. The zero-order valence-electron chi connectivity index (χ0n) is 27.0. The van der Waals surface area contributed by atoms with Gasteiger partial charge in [0.1, 0.15) is 11.4 Å². The molecule has 0 bridgehead atoms. The van der Waals surface area contributed by atoms with Crippen LogP contribution in [0.5, 0.6) is 0 Å². The van der Waals surface area contributed by atoms with Crippen LogP contribution in [0.15, 0.2) is 53.5 Å². The third-order valence-corrected chi connectivity index (χ3v) is 9.15. The average Bonchev–Trinajstić information content (AvgIpc) is 3.19. The van der Waals surface area contributed by atoms with Crippen molar-refractivity contribution >= 4 is 23.5 Å². The summed E-state index contributed by atoms with van der Waals surface area (Å²) in [4.78, 5) is 45.5. The largest absolute Gasteiger partial charge is 0.481 e. The minimum atomic E-state index is -0.953. The van der Waals surface area contributed by atoms with Gasteiger partial charge in [0.15, 0.2) is 0 Å². The van der Waals surface area contributed by atoms with Crippen LogP contribution in [-0.4, -0.2) is 45.7 Å². The predicted octanol–water partition coefficient (Wildman–Crippen LogP) is 7.33. The highest BCUT2D eigenvalue weighted by atomic mass is 16.4. The molecule has 4 rings (SSSR count). The molecule has 1 spiro atoms. The number of carboxylic acids is 1. The maximum Gasteiger partial charge on any atom is 0.305 e. The van der Waals surface area contributed by atoms with Crippen LogP contribution in [0.4, 0.5) is 0 Å². The Morgan fingerprint density at radius 1 is 1.05 bits per heavy atom. The number of carboxylic acid groups (broad SMARTS) is 1. The highest BCUT2D eigenvalue weighted by Gasteiger charge is 2.52. The third-order valence-electron chi connectivity index (χ3n) is 9.15. The van der Waals surface area contributed by atoms with E-state index in [0.29, 0.717) is 17.2 Å². The van der Waals surface area contributed by atoms with Gasteiger partial charge in [0.05, 0.1) is 12.5 Å². The summed E-state index contributed by atoms with van der Waals surface area (Å²) < 4.78 is 0. The highest BCUT2D eigenvalue weighted by molar-refractivity contribution is 6.46. The van der Waals surface area contributed by atoms with Crippen LogP contribution >= 0.6 is 0 Å². The maximum absolute atomic E-state index is 14.5. The van der Waals surface area contributed by atoms with Gasteiger partial charge in [-0.3, -0.25) is 19.4 Å². The van der Waals surface area contributed by atoms with Crippen molar-refractivity contribution in [1.82, 2.24) is 10.2 Å². The summed E-state index contributed by atoms with van der Waals surface area (Å²) in [6, 6.07) is 15.3. The van der Waals surface area contributed by atoms with Crippen molar-refractivity contribution in [3.05, 3.63) is 70.8 Å². The van der Waals surface area contributed by atoms with E-state index in [9.17, 15) is 14.4 Å². The lowest BCUT2D eigenvalue weighted by atomic mass is 9.69. The van der Waals surface area contributed by atoms with E-state index in [2.05, 4.69) is 57.8 Å². The Morgan fingerprint density at radius 3 is 2.26 bits per heavy atom. The van der Waals surface area contributed by atoms with E-state index in [0.717, 1.165) is 55.2 Å².